The Morgan fingerprint density at radius 3 is 2.75 bits per heavy atom. The van der Waals surface area contributed by atoms with Gasteiger partial charge in [-0.15, -0.1) is 0 Å². The van der Waals surface area contributed by atoms with E-state index < -0.39 is 17.5 Å². The summed E-state index contributed by atoms with van der Waals surface area (Å²) in [6, 6.07) is 3.12. The van der Waals surface area contributed by atoms with Gasteiger partial charge in [0.15, 0.2) is 11.6 Å². The summed E-state index contributed by atoms with van der Waals surface area (Å²) < 4.78 is 25.4. The fraction of sp³-hybridized carbons (Fsp3) is 0. The Kier molecular flexibility index (Phi) is 2.63. The number of carbonyl (C=O) groups excluding carboxylic acids is 1. The molecule has 2 aromatic rings. The average Bonchev–Trinajstić information content (AvgIpc) is 2.77. The monoisotopic (exact) mass is 223 g/mol. The molecule has 0 aliphatic heterocycles. The third-order valence-corrected chi connectivity index (χ3v) is 1.92. The second-order valence-corrected chi connectivity index (χ2v) is 3.05. The molecular weight excluding hydrogens is 216 g/mol. The molecule has 1 aromatic carbocycles. The van der Waals surface area contributed by atoms with Crippen molar-refractivity contribution < 1.29 is 13.6 Å². The molecule has 0 radical (unpaired) electrons. The van der Waals surface area contributed by atoms with Crippen LogP contribution in [0.4, 0.5) is 14.5 Å². The zero-order valence-electron chi connectivity index (χ0n) is 8.00. The van der Waals surface area contributed by atoms with Crippen molar-refractivity contribution in [1.29, 1.82) is 0 Å². The molecule has 0 spiro atoms. The summed E-state index contributed by atoms with van der Waals surface area (Å²) >= 11 is 0. The van der Waals surface area contributed by atoms with E-state index >= 15 is 0 Å². The number of H-pyrrole nitrogens is 1. The van der Waals surface area contributed by atoms with Gasteiger partial charge in [0.25, 0.3) is 5.91 Å². The lowest BCUT2D eigenvalue weighted by Gasteiger charge is -2.03. The van der Waals surface area contributed by atoms with E-state index in [1.165, 1.54) is 18.6 Å². The van der Waals surface area contributed by atoms with E-state index in [-0.39, 0.29) is 11.4 Å². The van der Waals surface area contributed by atoms with Gasteiger partial charge >= 0.3 is 0 Å². The Labute approximate surface area is 89.3 Å². The first kappa shape index (κ1) is 10.3. The molecule has 0 bridgehead atoms. The summed E-state index contributed by atoms with van der Waals surface area (Å²) in [6.45, 7) is 0. The second-order valence-electron chi connectivity index (χ2n) is 3.05. The number of carbonyl (C=O) groups is 1. The Bertz CT molecular complexity index is 511. The molecule has 1 heterocycles. The van der Waals surface area contributed by atoms with E-state index in [0.29, 0.717) is 0 Å². The van der Waals surface area contributed by atoms with E-state index in [4.69, 9.17) is 0 Å². The van der Waals surface area contributed by atoms with Crippen LogP contribution in [0.3, 0.4) is 0 Å². The molecule has 2 N–H and O–H groups in total. The van der Waals surface area contributed by atoms with E-state index in [1.54, 1.807) is 0 Å². The fourth-order valence-electron chi connectivity index (χ4n) is 1.15. The number of hydrogen-bond acceptors (Lipinski definition) is 2. The number of amides is 1. The number of hydrogen-bond donors (Lipinski definition) is 2. The van der Waals surface area contributed by atoms with Crippen LogP contribution in [-0.4, -0.2) is 15.9 Å². The first-order valence-corrected chi connectivity index (χ1v) is 4.41. The molecule has 0 aliphatic rings. The molecule has 82 valence electrons. The summed E-state index contributed by atoms with van der Waals surface area (Å²) in [5, 5.41) is 2.40. The molecule has 6 heteroatoms. The lowest BCUT2D eigenvalue weighted by Crippen LogP contribution is -2.12. The minimum absolute atomic E-state index is 0.179. The summed E-state index contributed by atoms with van der Waals surface area (Å²) in [7, 11) is 0. The van der Waals surface area contributed by atoms with Gasteiger partial charge in [-0.25, -0.2) is 13.8 Å². The standard InChI is InChI=1S/C10H7F2N3O/c11-7-2-1-6(3-8(7)12)15-10(16)9-4-13-5-14-9/h1-5H,(H,13,14)(H,15,16). The topological polar surface area (TPSA) is 57.8 Å². The quantitative estimate of drug-likeness (QED) is 0.817. The predicted molar refractivity (Wildman–Crippen MR) is 52.9 cm³/mol. The van der Waals surface area contributed by atoms with Crippen LogP contribution in [0.1, 0.15) is 10.5 Å². The van der Waals surface area contributed by atoms with Crippen molar-refractivity contribution in [3.8, 4) is 0 Å². The van der Waals surface area contributed by atoms with Gasteiger partial charge in [0.2, 0.25) is 0 Å². The highest BCUT2D eigenvalue weighted by molar-refractivity contribution is 6.02. The van der Waals surface area contributed by atoms with Gasteiger partial charge in [0, 0.05) is 11.8 Å². The van der Waals surface area contributed by atoms with Crippen LogP contribution in [0.25, 0.3) is 0 Å². The molecule has 4 nitrogen and oxygen atoms in total. The number of anilines is 1. The van der Waals surface area contributed by atoms with E-state index in [1.807, 2.05) is 0 Å². The van der Waals surface area contributed by atoms with E-state index in [9.17, 15) is 13.6 Å². The highest BCUT2D eigenvalue weighted by atomic mass is 19.2. The molecule has 0 aliphatic carbocycles. The summed E-state index contributed by atoms with van der Waals surface area (Å²) in [4.78, 5) is 17.7. The number of imidazole rings is 1. The SMILES string of the molecule is O=C(Nc1ccc(F)c(F)c1)c1cnc[nH]1. The minimum atomic E-state index is -1.01. The average molecular weight is 223 g/mol. The van der Waals surface area contributed by atoms with Crippen molar-refractivity contribution >= 4 is 11.6 Å². The van der Waals surface area contributed by atoms with Crippen molar-refractivity contribution in [3.63, 3.8) is 0 Å². The van der Waals surface area contributed by atoms with Crippen LogP contribution in [0.5, 0.6) is 0 Å². The molecule has 16 heavy (non-hydrogen) atoms. The van der Waals surface area contributed by atoms with Crippen LogP contribution in [0.15, 0.2) is 30.7 Å². The molecule has 1 aromatic heterocycles. The van der Waals surface area contributed by atoms with Crippen LogP contribution in [0.2, 0.25) is 0 Å². The smallest absolute Gasteiger partial charge is 0.273 e. The minimum Gasteiger partial charge on any atom is -0.341 e. The molecule has 0 fully saturated rings. The van der Waals surface area contributed by atoms with Gasteiger partial charge in [-0.2, -0.15) is 0 Å². The normalized spacial score (nSPS) is 10.1. The number of aromatic nitrogens is 2. The Balaban J connectivity index is 2.15. The molecule has 0 saturated carbocycles. The van der Waals surface area contributed by atoms with Gasteiger partial charge in [-0.3, -0.25) is 4.79 Å². The van der Waals surface area contributed by atoms with Gasteiger partial charge in [0.05, 0.1) is 12.5 Å². The predicted octanol–water partition coefficient (Wildman–Crippen LogP) is 1.94. The largest absolute Gasteiger partial charge is 0.341 e. The van der Waals surface area contributed by atoms with Crippen molar-refractivity contribution in [2.24, 2.45) is 0 Å². The molecule has 0 saturated heterocycles. The van der Waals surface area contributed by atoms with Crippen molar-refractivity contribution in [1.82, 2.24) is 9.97 Å². The second kappa shape index (κ2) is 4.09. The third kappa shape index (κ3) is 2.05. The number of nitrogens with zero attached hydrogens (tertiary/aromatic N) is 1. The van der Waals surface area contributed by atoms with Crippen LogP contribution < -0.4 is 5.32 Å². The molecule has 0 unspecified atom stereocenters. The van der Waals surface area contributed by atoms with Crippen LogP contribution in [-0.2, 0) is 0 Å². The third-order valence-electron chi connectivity index (χ3n) is 1.92. The van der Waals surface area contributed by atoms with Gasteiger partial charge in [-0.1, -0.05) is 0 Å². The lowest BCUT2D eigenvalue weighted by atomic mass is 10.3. The Morgan fingerprint density at radius 2 is 2.12 bits per heavy atom. The van der Waals surface area contributed by atoms with E-state index in [0.717, 1.165) is 12.1 Å². The molecular formula is C10H7F2N3O. The van der Waals surface area contributed by atoms with Crippen LogP contribution >= 0.6 is 0 Å². The first-order chi connectivity index (χ1) is 7.66. The molecule has 0 atom stereocenters. The van der Waals surface area contributed by atoms with Crippen molar-refractivity contribution in [2.45, 2.75) is 0 Å². The number of aromatic amines is 1. The van der Waals surface area contributed by atoms with Crippen LogP contribution in [0, 0.1) is 11.6 Å². The lowest BCUT2D eigenvalue weighted by molar-refractivity contribution is 0.102. The maximum atomic E-state index is 12.8. The maximum Gasteiger partial charge on any atom is 0.273 e. The molecule has 2 rings (SSSR count). The number of rotatable bonds is 2. The Hall–Kier alpha value is -2.24. The summed E-state index contributed by atoms with van der Waals surface area (Å²) in [5.41, 5.74) is 0.420. The van der Waals surface area contributed by atoms with Gasteiger partial charge in [-0.05, 0) is 12.1 Å². The molecule has 1 amide bonds. The van der Waals surface area contributed by atoms with Crippen molar-refractivity contribution in [3.05, 3.63) is 48.1 Å². The summed E-state index contributed by atoms with van der Waals surface area (Å²) in [6.07, 6.45) is 2.68. The van der Waals surface area contributed by atoms with E-state index in [2.05, 4.69) is 15.3 Å². The summed E-state index contributed by atoms with van der Waals surface area (Å²) in [5.74, 6) is -2.44. The number of benzene rings is 1. The van der Waals surface area contributed by atoms with Crippen molar-refractivity contribution in [2.75, 3.05) is 5.32 Å². The van der Waals surface area contributed by atoms with Gasteiger partial charge in [0.1, 0.15) is 5.69 Å². The maximum absolute atomic E-state index is 12.8. The number of nitrogens with one attached hydrogen (secondary N) is 2. The fourth-order valence-corrected chi connectivity index (χ4v) is 1.15. The van der Waals surface area contributed by atoms with Gasteiger partial charge < -0.3 is 10.3 Å². The Morgan fingerprint density at radius 1 is 1.31 bits per heavy atom. The zero-order valence-corrected chi connectivity index (χ0v) is 8.00. The highest BCUT2D eigenvalue weighted by Gasteiger charge is 2.08. The highest BCUT2D eigenvalue weighted by Crippen LogP contribution is 2.13. The number of halogens is 2. The zero-order chi connectivity index (χ0) is 11.5. The first-order valence-electron chi connectivity index (χ1n) is 4.41.